The number of anilines is 1. The van der Waals surface area contributed by atoms with Crippen molar-refractivity contribution in [2.45, 2.75) is 6.92 Å². The van der Waals surface area contributed by atoms with Crippen LogP contribution in [0.15, 0.2) is 15.4 Å². The molecule has 14 heavy (non-hydrogen) atoms. The molecular formula is C6H7Br2N3O2S. The SMILES string of the molecule is CCS(=O)(=O)Nc1ncc(Br)nc1Br. The molecule has 0 fully saturated rings. The largest absolute Gasteiger partial charge is 0.265 e. The molecule has 0 atom stereocenters. The maximum Gasteiger partial charge on any atom is 0.233 e. The Balaban J connectivity index is 2.99. The minimum atomic E-state index is -3.31. The van der Waals surface area contributed by atoms with Crippen LogP contribution in [0, 0.1) is 0 Å². The molecule has 0 aliphatic heterocycles. The monoisotopic (exact) mass is 343 g/mol. The van der Waals surface area contributed by atoms with Crippen LogP contribution in [0.2, 0.25) is 0 Å². The van der Waals surface area contributed by atoms with E-state index in [-0.39, 0.29) is 11.6 Å². The average Bonchev–Trinajstić information content (AvgIpc) is 2.10. The molecular weight excluding hydrogens is 338 g/mol. The zero-order valence-electron chi connectivity index (χ0n) is 7.16. The Kier molecular flexibility index (Phi) is 3.85. The molecule has 1 N–H and O–H groups in total. The summed E-state index contributed by atoms with van der Waals surface area (Å²) in [5, 5.41) is 0. The fourth-order valence-corrected chi connectivity index (χ4v) is 2.26. The molecule has 0 unspecified atom stereocenters. The zero-order valence-corrected chi connectivity index (χ0v) is 11.1. The fourth-order valence-electron chi connectivity index (χ4n) is 0.635. The highest BCUT2D eigenvalue weighted by Crippen LogP contribution is 2.20. The lowest BCUT2D eigenvalue weighted by molar-refractivity contribution is 0.602. The summed E-state index contributed by atoms with van der Waals surface area (Å²) in [7, 11) is -3.31. The normalized spacial score (nSPS) is 11.4. The molecule has 8 heteroatoms. The van der Waals surface area contributed by atoms with Crippen molar-refractivity contribution in [3.63, 3.8) is 0 Å². The quantitative estimate of drug-likeness (QED) is 0.906. The standard InChI is InChI=1S/C6H7Br2N3O2S/c1-2-14(12,13)11-6-5(8)10-4(7)3-9-6/h3H,2H2,1H3,(H,9,11). The summed E-state index contributed by atoms with van der Waals surface area (Å²) >= 11 is 6.21. The van der Waals surface area contributed by atoms with Crippen molar-refractivity contribution < 1.29 is 8.42 Å². The van der Waals surface area contributed by atoms with Crippen LogP contribution in [-0.2, 0) is 10.0 Å². The van der Waals surface area contributed by atoms with Crippen LogP contribution < -0.4 is 4.72 Å². The lowest BCUT2D eigenvalue weighted by atomic mass is 10.7. The van der Waals surface area contributed by atoms with Gasteiger partial charge in [0.25, 0.3) is 0 Å². The first-order valence-corrected chi connectivity index (χ1v) is 6.87. The third kappa shape index (κ3) is 3.18. The number of sulfonamides is 1. The summed E-state index contributed by atoms with van der Waals surface area (Å²) in [5.74, 6) is 0.187. The Hall–Kier alpha value is -0.210. The van der Waals surface area contributed by atoms with E-state index in [1.807, 2.05) is 0 Å². The van der Waals surface area contributed by atoms with E-state index in [2.05, 4.69) is 46.5 Å². The Morgan fingerprint density at radius 1 is 1.50 bits per heavy atom. The van der Waals surface area contributed by atoms with E-state index < -0.39 is 10.0 Å². The Morgan fingerprint density at radius 2 is 2.14 bits per heavy atom. The highest BCUT2D eigenvalue weighted by molar-refractivity contribution is 9.11. The Labute approximate surface area is 98.6 Å². The van der Waals surface area contributed by atoms with E-state index >= 15 is 0 Å². The lowest BCUT2D eigenvalue weighted by Gasteiger charge is -2.05. The van der Waals surface area contributed by atoms with E-state index in [0.29, 0.717) is 9.21 Å². The number of halogens is 2. The molecule has 78 valence electrons. The number of hydrogen-bond donors (Lipinski definition) is 1. The summed E-state index contributed by atoms with van der Waals surface area (Å²) in [6, 6.07) is 0. The summed E-state index contributed by atoms with van der Waals surface area (Å²) in [6.45, 7) is 1.54. The van der Waals surface area contributed by atoms with Crippen molar-refractivity contribution in [2.75, 3.05) is 10.5 Å². The number of aromatic nitrogens is 2. The molecule has 0 aliphatic carbocycles. The van der Waals surface area contributed by atoms with Crippen LogP contribution in [0.4, 0.5) is 5.82 Å². The van der Waals surface area contributed by atoms with Crippen molar-refractivity contribution in [2.24, 2.45) is 0 Å². The number of rotatable bonds is 3. The van der Waals surface area contributed by atoms with Crippen LogP contribution in [0.3, 0.4) is 0 Å². The molecule has 0 bridgehead atoms. The van der Waals surface area contributed by atoms with Gasteiger partial charge < -0.3 is 0 Å². The molecule has 0 spiro atoms. The van der Waals surface area contributed by atoms with Gasteiger partial charge in [-0.3, -0.25) is 4.72 Å². The molecule has 1 rings (SSSR count). The van der Waals surface area contributed by atoms with Gasteiger partial charge in [0.05, 0.1) is 11.9 Å². The first-order valence-electron chi connectivity index (χ1n) is 3.63. The van der Waals surface area contributed by atoms with Crippen LogP contribution in [0.1, 0.15) is 6.92 Å². The average molecular weight is 345 g/mol. The second-order valence-corrected chi connectivity index (χ2v) is 5.91. The van der Waals surface area contributed by atoms with E-state index in [0.717, 1.165) is 0 Å². The maximum absolute atomic E-state index is 11.2. The van der Waals surface area contributed by atoms with Crippen molar-refractivity contribution in [3.05, 3.63) is 15.4 Å². The second kappa shape index (κ2) is 4.54. The number of nitrogens with one attached hydrogen (secondary N) is 1. The van der Waals surface area contributed by atoms with E-state index in [9.17, 15) is 8.42 Å². The minimum Gasteiger partial charge on any atom is -0.265 e. The van der Waals surface area contributed by atoms with Gasteiger partial charge in [0.15, 0.2) is 10.4 Å². The number of hydrogen-bond acceptors (Lipinski definition) is 4. The molecule has 1 aromatic rings. The second-order valence-electron chi connectivity index (χ2n) is 2.34. The third-order valence-electron chi connectivity index (χ3n) is 1.33. The molecule has 5 nitrogen and oxygen atoms in total. The van der Waals surface area contributed by atoms with Crippen LogP contribution in [-0.4, -0.2) is 24.1 Å². The third-order valence-corrected chi connectivity index (χ3v) is 3.53. The van der Waals surface area contributed by atoms with Crippen molar-refractivity contribution in [3.8, 4) is 0 Å². The molecule has 0 radical (unpaired) electrons. The molecule has 0 aromatic carbocycles. The smallest absolute Gasteiger partial charge is 0.233 e. The topological polar surface area (TPSA) is 72.0 Å². The van der Waals surface area contributed by atoms with Crippen LogP contribution in [0.5, 0.6) is 0 Å². The Morgan fingerprint density at radius 3 is 2.64 bits per heavy atom. The van der Waals surface area contributed by atoms with Gasteiger partial charge in [-0.1, -0.05) is 0 Å². The molecule has 1 heterocycles. The van der Waals surface area contributed by atoms with Gasteiger partial charge in [0, 0.05) is 0 Å². The first-order chi connectivity index (χ1) is 6.44. The van der Waals surface area contributed by atoms with Gasteiger partial charge in [0.1, 0.15) is 4.60 Å². The van der Waals surface area contributed by atoms with Gasteiger partial charge in [-0.25, -0.2) is 18.4 Å². The van der Waals surface area contributed by atoms with E-state index in [1.54, 1.807) is 6.92 Å². The predicted molar refractivity (Wildman–Crippen MR) is 60.5 cm³/mol. The van der Waals surface area contributed by atoms with Crippen molar-refractivity contribution in [1.29, 1.82) is 0 Å². The molecule has 1 aromatic heterocycles. The Bertz CT molecular complexity index is 435. The van der Waals surface area contributed by atoms with Gasteiger partial charge in [-0.2, -0.15) is 0 Å². The van der Waals surface area contributed by atoms with E-state index in [4.69, 9.17) is 0 Å². The summed E-state index contributed by atoms with van der Waals surface area (Å²) < 4.78 is 25.6. The summed E-state index contributed by atoms with van der Waals surface area (Å²) in [6.07, 6.45) is 1.41. The minimum absolute atomic E-state index is 0.00279. The summed E-state index contributed by atoms with van der Waals surface area (Å²) in [5.41, 5.74) is 0. The summed E-state index contributed by atoms with van der Waals surface area (Å²) in [4.78, 5) is 7.80. The predicted octanol–water partition coefficient (Wildman–Crippen LogP) is 1.76. The molecule has 0 aliphatic rings. The number of nitrogens with zero attached hydrogens (tertiary/aromatic N) is 2. The highest BCUT2D eigenvalue weighted by Gasteiger charge is 2.11. The van der Waals surface area contributed by atoms with Gasteiger partial charge in [0.2, 0.25) is 10.0 Å². The maximum atomic E-state index is 11.2. The van der Waals surface area contributed by atoms with Gasteiger partial charge in [-0.05, 0) is 38.8 Å². The highest BCUT2D eigenvalue weighted by atomic mass is 79.9. The van der Waals surface area contributed by atoms with Crippen molar-refractivity contribution in [1.82, 2.24) is 9.97 Å². The van der Waals surface area contributed by atoms with Gasteiger partial charge >= 0.3 is 0 Å². The van der Waals surface area contributed by atoms with Crippen LogP contribution in [0.25, 0.3) is 0 Å². The molecule has 0 amide bonds. The first kappa shape index (κ1) is 11.9. The molecule has 0 saturated carbocycles. The van der Waals surface area contributed by atoms with E-state index in [1.165, 1.54) is 6.20 Å². The van der Waals surface area contributed by atoms with Gasteiger partial charge in [-0.15, -0.1) is 0 Å². The fraction of sp³-hybridized carbons (Fsp3) is 0.333. The lowest BCUT2D eigenvalue weighted by Crippen LogP contribution is -2.16. The zero-order chi connectivity index (χ0) is 10.8. The molecule has 0 saturated heterocycles. The van der Waals surface area contributed by atoms with Crippen LogP contribution >= 0.6 is 31.9 Å². The van der Waals surface area contributed by atoms with Crippen molar-refractivity contribution >= 4 is 47.7 Å².